The minimum atomic E-state index is -1.35. The van der Waals surface area contributed by atoms with Gasteiger partial charge in [-0.3, -0.25) is 9.78 Å². The molecule has 0 aliphatic carbocycles. The van der Waals surface area contributed by atoms with Gasteiger partial charge in [-0.1, -0.05) is 11.6 Å². The Balaban J connectivity index is 2.33. The van der Waals surface area contributed by atoms with E-state index in [0.717, 1.165) is 12.1 Å². The highest BCUT2D eigenvalue weighted by Crippen LogP contribution is 2.20. The number of benzene rings is 1. The highest BCUT2D eigenvalue weighted by molar-refractivity contribution is 6.34. The van der Waals surface area contributed by atoms with Crippen LogP contribution in [0.1, 0.15) is 20.7 Å². The SMILES string of the molecule is O=C(Nc1ccc(F)cc1C(=O)O)c1cnccc1Cl. The molecule has 0 spiro atoms. The van der Waals surface area contributed by atoms with Crippen LogP contribution < -0.4 is 5.32 Å². The first-order chi connectivity index (χ1) is 9.49. The van der Waals surface area contributed by atoms with Crippen LogP contribution in [0, 0.1) is 5.82 Å². The van der Waals surface area contributed by atoms with Gasteiger partial charge in [-0.15, -0.1) is 0 Å². The molecule has 0 saturated carbocycles. The Morgan fingerprint density at radius 3 is 2.65 bits per heavy atom. The van der Waals surface area contributed by atoms with Gasteiger partial charge in [0.15, 0.2) is 0 Å². The molecule has 7 heteroatoms. The van der Waals surface area contributed by atoms with Crippen LogP contribution >= 0.6 is 11.6 Å². The fourth-order valence-corrected chi connectivity index (χ4v) is 1.73. The average molecular weight is 295 g/mol. The first-order valence-corrected chi connectivity index (χ1v) is 5.80. The smallest absolute Gasteiger partial charge is 0.337 e. The zero-order chi connectivity index (χ0) is 14.7. The summed E-state index contributed by atoms with van der Waals surface area (Å²) < 4.78 is 13.0. The van der Waals surface area contributed by atoms with Gasteiger partial charge in [0.2, 0.25) is 0 Å². The lowest BCUT2D eigenvalue weighted by atomic mass is 10.1. The molecule has 1 aromatic carbocycles. The van der Waals surface area contributed by atoms with Gasteiger partial charge in [-0.2, -0.15) is 0 Å². The van der Waals surface area contributed by atoms with Crippen LogP contribution in [0.3, 0.4) is 0 Å². The number of hydrogen-bond acceptors (Lipinski definition) is 3. The van der Waals surface area contributed by atoms with Gasteiger partial charge in [0.1, 0.15) is 5.82 Å². The van der Waals surface area contributed by atoms with Crippen LogP contribution in [0.5, 0.6) is 0 Å². The van der Waals surface area contributed by atoms with Crippen molar-refractivity contribution in [2.45, 2.75) is 0 Å². The Morgan fingerprint density at radius 2 is 2.00 bits per heavy atom. The number of carbonyl (C=O) groups excluding carboxylic acids is 1. The first-order valence-electron chi connectivity index (χ1n) is 5.42. The van der Waals surface area contributed by atoms with Crippen molar-refractivity contribution in [1.82, 2.24) is 4.98 Å². The maximum absolute atomic E-state index is 13.0. The predicted molar refractivity (Wildman–Crippen MR) is 70.6 cm³/mol. The number of carbonyl (C=O) groups is 2. The van der Waals surface area contributed by atoms with E-state index in [0.29, 0.717) is 0 Å². The molecule has 0 atom stereocenters. The molecule has 0 fully saturated rings. The third-order valence-corrected chi connectivity index (χ3v) is 2.80. The van der Waals surface area contributed by atoms with Crippen molar-refractivity contribution < 1.29 is 19.1 Å². The van der Waals surface area contributed by atoms with Crippen molar-refractivity contribution in [3.63, 3.8) is 0 Å². The molecule has 0 unspecified atom stereocenters. The maximum atomic E-state index is 13.0. The highest BCUT2D eigenvalue weighted by atomic mass is 35.5. The van der Waals surface area contributed by atoms with E-state index in [2.05, 4.69) is 10.3 Å². The lowest BCUT2D eigenvalue weighted by Gasteiger charge is -2.09. The molecule has 1 aromatic heterocycles. The number of nitrogens with zero attached hydrogens (tertiary/aromatic N) is 1. The molecular formula is C13H8ClFN2O3. The van der Waals surface area contributed by atoms with Crippen LogP contribution in [0.15, 0.2) is 36.7 Å². The molecule has 102 valence electrons. The summed E-state index contributed by atoms with van der Waals surface area (Å²) in [5, 5.41) is 11.5. The molecular weight excluding hydrogens is 287 g/mol. The summed E-state index contributed by atoms with van der Waals surface area (Å²) in [6, 6.07) is 4.47. The molecule has 5 nitrogen and oxygen atoms in total. The highest BCUT2D eigenvalue weighted by Gasteiger charge is 2.16. The van der Waals surface area contributed by atoms with Crippen molar-refractivity contribution in [2.24, 2.45) is 0 Å². The molecule has 2 rings (SSSR count). The van der Waals surface area contributed by atoms with E-state index in [-0.39, 0.29) is 21.8 Å². The van der Waals surface area contributed by atoms with Crippen LogP contribution in [-0.4, -0.2) is 22.0 Å². The molecule has 2 N–H and O–H groups in total. The number of halogens is 2. The predicted octanol–water partition coefficient (Wildman–Crippen LogP) is 2.82. The third kappa shape index (κ3) is 2.92. The molecule has 1 heterocycles. The Morgan fingerprint density at radius 1 is 1.25 bits per heavy atom. The third-order valence-electron chi connectivity index (χ3n) is 2.47. The van der Waals surface area contributed by atoms with Gasteiger partial charge in [0.05, 0.1) is 21.8 Å². The first kappa shape index (κ1) is 14.0. The molecule has 20 heavy (non-hydrogen) atoms. The summed E-state index contributed by atoms with van der Waals surface area (Å²) in [6.07, 6.45) is 2.67. The lowest BCUT2D eigenvalue weighted by Crippen LogP contribution is -2.15. The minimum Gasteiger partial charge on any atom is -0.478 e. The fourth-order valence-electron chi connectivity index (χ4n) is 1.54. The number of carboxylic acid groups (broad SMARTS) is 1. The zero-order valence-corrected chi connectivity index (χ0v) is 10.7. The Bertz CT molecular complexity index is 691. The van der Waals surface area contributed by atoms with E-state index < -0.39 is 17.7 Å². The second-order valence-corrected chi connectivity index (χ2v) is 4.21. The standard InChI is InChI=1S/C13H8ClFN2O3/c14-10-3-4-16-6-9(10)12(18)17-11-2-1-7(15)5-8(11)13(19)20/h1-6H,(H,17,18)(H,19,20). The van der Waals surface area contributed by atoms with Gasteiger partial charge >= 0.3 is 5.97 Å². The topological polar surface area (TPSA) is 79.3 Å². The Kier molecular flexibility index (Phi) is 3.95. The molecule has 2 aromatic rings. The van der Waals surface area contributed by atoms with Crippen LogP contribution in [0.25, 0.3) is 0 Å². The van der Waals surface area contributed by atoms with Crippen LogP contribution in [0.2, 0.25) is 5.02 Å². The molecule has 0 aliphatic heterocycles. The lowest BCUT2D eigenvalue weighted by molar-refractivity contribution is 0.0697. The monoisotopic (exact) mass is 294 g/mol. The summed E-state index contributed by atoms with van der Waals surface area (Å²) in [7, 11) is 0. The largest absolute Gasteiger partial charge is 0.478 e. The van der Waals surface area contributed by atoms with E-state index in [1.807, 2.05) is 0 Å². The van der Waals surface area contributed by atoms with Crippen molar-refractivity contribution in [3.8, 4) is 0 Å². The summed E-state index contributed by atoms with van der Waals surface area (Å²) in [5.41, 5.74) is -0.281. The van der Waals surface area contributed by atoms with Crippen molar-refractivity contribution in [2.75, 3.05) is 5.32 Å². The van der Waals surface area contributed by atoms with Crippen LogP contribution in [-0.2, 0) is 0 Å². The number of carboxylic acids is 1. The summed E-state index contributed by atoms with van der Waals surface area (Å²) in [4.78, 5) is 26.7. The molecule has 1 amide bonds. The van der Waals surface area contributed by atoms with Gasteiger partial charge in [-0.25, -0.2) is 9.18 Å². The van der Waals surface area contributed by atoms with Gasteiger partial charge < -0.3 is 10.4 Å². The van der Waals surface area contributed by atoms with Crippen molar-refractivity contribution in [1.29, 1.82) is 0 Å². The molecule has 0 radical (unpaired) electrons. The Hall–Kier alpha value is -2.47. The number of nitrogens with one attached hydrogen (secondary N) is 1. The minimum absolute atomic E-state index is 0.0242. The number of amides is 1. The van der Waals surface area contributed by atoms with Gasteiger partial charge in [-0.05, 0) is 24.3 Å². The summed E-state index contributed by atoms with van der Waals surface area (Å²) in [5.74, 6) is -2.69. The second kappa shape index (κ2) is 5.66. The van der Waals surface area contributed by atoms with Crippen molar-refractivity contribution >= 4 is 29.2 Å². The quantitative estimate of drug-likeness (QED) is 0.912. The Labute approximate surface area is 118 Å². The number of pyridine rings is 1. The van der Waals surface area contributed by atoms with Crippen LogP contribution in [0.4, 0.5) is 10.1 Å². The second-order valence-electron chi connectivity index (χ2n) is 3.80. The van der Waals surface area contributed by atoms with E-state index in [1.165, 1.54) is 24.5 Å². The zero-order valence-electron chi connectivity index (χ0n) is 9.93. The number of rotatable bonds is 3. The molecule has 0 saturated heterocycles. The normalized spacial score (nSPS) is 10.1. The van der Waals surface area contributed by atoms with E-state index >= 15 is 0 Å². The molecule has 0 aliphatic rings. The average Bonchev–Trinajstić information content (AvgIpc) is 2.41. The fraction of sp³-hybridized carbons (Fsp3) is 0. The van der Waals surface area contributed by atoms with E-state index in [1.54, 1.807) is 0 Å². The number of aromatic nitrogens is 1. The van der Waals surface area contributed by atoms with E-state index in [9.17, 15) is 14.0 Å². The van der Waals surface area contributed by atoms with E-state index in [4.69, 9.17) is 16.7 Å². The van der Waals surface area contributed by atoms with Crippen molar-refractivity contribution in [3.05, 3.63) is 58.6 Å². The van der Waals surface area contributed by atoms with Gasteiger partial charge in [0.25, 0.3) is 5.91 Å². The summed E-state index contributed by atoms with van der Waals surface area (Å²) >= 11 is 5.84. The maximum Gasteiger partial charge on any atom is 0.337 e. The molecule has 0 bridgehead atoms. The number of aromatic carboxylic acids is 1. The number of anilines is 1. The number of hydrogen-bond donors (Lipinski definition) is 2. The van der Waals surface area contributed by atoms with Gasteiger partial charge in [0, 0.05) is 12.4 Å². The summed E-state index contributed by atoms with van der Waals surface area (Å²) in [6.45, 7) is 0.